The van der Waals surface area contributed by atoms with Crippen LogP contribution in [0.1, 0.15) is 12.8 Å². The predicted octanol–water partition coefficient (Wildman–Crippen LogP) is 6.70. The van der Waals surface area contributed by atoms with Crippen molar-refractivity contribution in [2.24, 2.45) is 0 Å². The average molecular weight is 482 g/mol. The Hall–Kier alpha value is 0.177. The Morgan fingerprint density at radius 1 is 0.600 bits per heavy atom. The van der Waals surface area contributed by atoms with E-state index in [1.54, 1.807) is 0 Å². The maximum atomic E-state index is 13.9. The van der Waals surface area contributed by atoms with E-state index >= 15 is 0 Å². The molecule has 0 radical (unpaired) electrons. The zero-order valence-corrected chi connectivity index (χ0v) is 14.2. The molecule has 0 aromatic carbocycles. The van der Waals surface area contributed by atoms with Crippen LogP contribution in [0.4, 0.5) is 56.2 Å². The van der Waals surface area contributed by atoms with Gasteiger partial charge in [-0.15, -0.1) is 0 Å². The quantitative estimate of drug-likeness (QED) is 0.164. The minimum Gasteiger partial charge on any atom is -0.234 e. The number of halogens is 16. The maximum absolute atomic E-state index is 13.9. The van der Waals surface area contributed by atoms with Crippen molar-refractivity contribution < 1.29 is 56.2 Å². The van der Waals surface area contributed by atoms with Crippen molar-refractivity contribution in [3.05, 3.63) is 0 Å². The SMILES string of the molecule is FC(F)(F)CCC(Cl)(Cl)C(F)(Cl)C(F)(F)C(F)(F)C(F)(F)[Si](F)(F)F. The van der Waals surface area contributed by atoms with Gasteiger partial charge in [0.15, 0.2) is 4.33 Å². The highest BCUT2D eigenvalue weighted by Crippen LogP contribution is 2.62. The topological polar surface area (TPSA) is 0 Å². The normalized spacial score (nSPS) is 18.2. The Bertz CT molecular complexity index is 481. The van der Waals surface area contributed by atoms with E-state index in [2.05, 4.69) is 11.6 Å². The van der Waals surface area contributed by atoms with E-state index in [9.17, 15) is 56.2 Å². The maximum Gasteiger partial charge on any atom is 0.697 e. The summed E-state index contributed by atoms with van der Waals surface area (Å²) in [5.41, 5.74) is -7.39. The highest BCUT2D eigenvalue weighted by molar-refractivity contribution is 6.61. The molecule has 25 heavy (non-hydrogen) atoms. The van der Waals surface area contributed by atoms with Crippen molar-refractivity contribution >= 4 is 43.9 Å². The summed E-state index contributed by atoms with van der Waals surface area (Å²) in [6.45, 7) is 0. The van der Waals surface area contributed by atoms with Gasteiger partial charge in [0.1, 0.15) is 0 Å². The molecule has 1 atom stereocenters. The summed E-state index contributed by atoms with van der Waals surface area (Å²) in [7, 11) is -8.87. The molecule has 0 spiro atoms. The third-order valence-electron chi connectivity index (χ3n) is 2.72. The average Bonchev–Trinajstić information content (AvgIpc) is 2.33. The van der Waals surface area contributed by atoms with Crippen molar-refractivity contribution in [3.63, 3.8) is 0 Å². The third-order valence-corrected chi connectivity index (χ3v) is 5.40. The van der Waals surface area contributed by atoms with Crippen molar-refractivity contribution in [1.29, 1.82) is 0 Å². The fourth-order valence-corrected chi connectivity index (χ4v) is 2.41. The lowest BCUT2D eigenvalue weighted by Crippen LogP contribution is -2.70. The second kappa shape index (κ2) is 6.65. The molecule has 0 aliphatic rings. The minimum absolute atomic E-state index is 2.15. The summed E-state index contributed by atoms with van der Waals surface area (Å²) in [6.07, 6.45) is -9.69. The van der Waals surface area contributed by atoms with Crippen molar-refractivity contribution in [1.82, 2.24) is 0 Å². The predicted molar refractivity (Wildman–Crippen MR) is 63.3 cm³/mol. The van der Waals surface area contributed by atoms with Crippen LogP contribution in [-0.2, 0) is 0 Å². The summed E-state index contributed by atoms with van der Waals surface area (Å²) in [5, 5.41) is -5.82. The molecule has 17 heteroatoms. The molecule has 0 saturated carbocycles. The molecule has 0 amide bonds. The third kappa shape index (κ3) is 4.37. The van der Waals surface area contributed by atoms with Gasteiger partial charge in [0.25, 0.3) is 5.13 Å². The highest BCUT2D eigenvalue weighted by Gasteiger charge is 2.90. The first-order valence-electron chi connectivity index (χ1n) is 5.48. The number of hydrogen-bond acceptors (Lipinski definition) is 0. The Morgan fingerprint density at radius 2 is 0.960 bits per heavy atom. The van der Waals surface area contributed by atoms with Gasteiger partial charge < -0.3 is 0 Å². The fraction of sp³-hybridized carbons (Fsp3) is 1.00. The van der Waals surface area contributed by atoms with E-state index in [0.29, 0.717) is 0 Å². The van der Waals surface area contributed by atoms with Crippen LogP contribution in [0.3, 0.4) is 0 Å². The smallest absolute Gasteiger partial charge is 0.234 e. The first-order valence-corrected chi connectivity index (χ1v) is 8.25. The lowest BCUT2D eigenvalue weighted by Gasteiger charge is -2.42. The summed E-state index contributed by atoms with van der Waals surface area (Å²) < 4.78 is 160. The van der Waals surface area contributed by atoms with Crippen LogP contribution in [-0.4, -0.2) is 42.1 Å². The number of rotatable bonds is 7. The molecule has 0 nitrogen and oxygen atoms in total. The van der Waals surface area contributed by atoms with Crippen LogP contribution < -0.4 is 0 Å². The van der Waals surface area contributed by atoms with Crippen LogP contribution in [0, 0.1) is 0 Å². The number of alkyl halides is 13. The first-order chi connectivity index (χ1) is 10.5. The Morgan fingerprint density at radius 3 is 1.24 bits per heavy atom. The van der Waals surface area contributed by atoms with Gasteiger partial charge in [0, 0.05) is 6.42 Å². The monoisotopic (exact) mass is 480 g/mol. The van der Waals surface area contributed by atoms with Gasteiger partial charge in [-0.25, -0.2) is 16.7 Å². The zero-order chi connectivity index (χ0) is 20.9. The van der Waals surface area contributed by atoms with Crippen LogP contribution >= 0.6 is 34.8 Å². The van der Waals surface area contributed by atoms with Crippen molar-refractivity contribution in [2.75, 3.05) is 0 Å². The molecule has 0 aromatic rings. The fourth-order valence-electron chi connectivity index (χ4n) is 1.26. The standard InChI is InChI=1S/C8H4Cl3F13Si/c9-3(10,1-2-4(12,13)14)5(11,15)6(16,17)7(18,19)8(20,21)25(22,23)24/h1-2H2. The van der Waals surface area contributed by atoms with Gasteiger partial charge in [0.05, 0.1) is 0 Å². The van der Waals surface area contributed by atoms with E-state index in [1.165, 1.54) is 0 Å². The Labute approximate surface area is 146 Å². The molecular formula is C8H4Cl3F13Si. The number of hydrogen-bond donors (Lipinski definition) is 0. The molecule has 0 rings (SSSR count). The van der Waals surface area contributed by atoms with Gasteiger partial charge in [-0.2, -0.15) is 39.5 Å². The van der Waals surface area contributed by atoms with Gasteiger partial charge >= 0.3 is 32.6 Å². The molecule has 0 aromatic heterocycles. The second-order valence-corrected chi connectivity index (χ2v) is 8.24. The van der Waals surface area contributed by atoms with Crippen LogP contribution in [0.2, 0.25) is 0 Å². The molecule has 0 N–H and O–H groups in total. The van der Waals surface area contributed by atoms with Gasteiger partial charge in [-0.05, 0) is 6.42 Å². The summed E-state index contributed by atoms with van der Waals surface area (Å²) >= 11 is 13.7. The summed E-state index contributed by atoms with van der Waals surface area (Å²) in [6, 6.07) is 0. The van der Waals surface area contributed by atoms with E-state index in [4.69, 9.17) is 23.2 Å². The van der Waals surface area contributed by atoms with E-state index in [-0.39, 0.29) is 0 Å². The molecule has 0 heterocycles. The van der Waals surface area contributed by atoms with Crippen LogP contribution in [0.15, 0.2) is 0 Å². The Balaban J connectivity index is 6.03. The first kappa shape index (κ1) is 25.2. The summed E-state index contributed by atoms with van der Waals surface area (Å²) in [4.78, 5) is 0. The molecule has 0 aliphatic heterocycles. The largest absolute Gasteiger partial charge is 0.697 e. The van der Waals surface area contributed by atoms with Gasteiger partial charge in [0.2, 0.25) is 0 Å². The van der Waals surface area contributed by atoms with Crippen molar-refractivity contribution in [2.45, 2.75) is 45.9 Å². The highest BCUT2D eigenvalue weighted by atomic mass is 35.5. The zero-order valence-electron chi connectivity index (χ0n) is 11.0. The van der Waals surface area contributed by atoms with Crippen LogP contribution in [0.5, 0.6) is 0 Å². The van der Waals surface area contributed by atoms with Crippen molar-refractivity contribution in [3.8, 4) is 0 Å². The molecule has 0 saturated heterocycles. The molecule has 0 aliphatic carbocycles. The van der Waals surface area contributed by atoms with E-state index in [1.807, 2.05) is 0 Å². The minimum atomic E-state index is -8.87. The summed E-state index contributed by atoms with van der Waals surface area (Å²) in [5.74, 6) is -14.6. The van der Waals surface area contributed by atoms with E-state index in [0.717, 1.165) is 0 Å². The second-order valence-electron chi connectivity index (χ2n) is 4.61. The van der Waals surface area contributed by atoms with E-state index < -0.39 is 54.9 Å². The van der Waals surface area contributed by atoms with Gasteiger partial charge in [-0.3, -0.25) is 0 Å². The molecular weight excluding hydrogens is 478 g/mol. The molecule has 0 fully saturated rings. The lowest BCUT2D eigenvalue weighted by atomic mass is 9.99. The molecule has 0 bridgehead atoms. The lowest BCUT2D eigenvalue weighted by molar-refractivity contribution is -0.317. The van der Waals surface area contributed by atoms with Gasteiger partial charge in [-0.1, -0.05) is 34.8 Å². The van der Waals surface area contributed by atoms with Crippen LogP contribution in [0.25, 0.3) is 0 Å². The molecule has 1 unspecified atom stereocenters. The Kier molecular flexibility index (Phi) is 6.70. The molecule has 152 valence electrons.